The van der Waals surface area contributed by atoms with Gasteiger partial charge in [0, 0.05) is 31.4 Å². The summed E-state index contributed by atoms with van der Waals surface area (Å²) in [6.45, 7) is -0.474. The number of phenolic OH excluding ortho intramolecular Hbond substituents is 1. The Labute approximate surface area is 132 Å². The second kappa shape index (κ2) is 6.18. The van der Waals surface area contributed by atoms with Crippen LogP contribution in [0, 0.1) is 10.1 Å². The van der Waals surface area contributed by atoms with Crippen LogP contribution in [0.1, 0.15) is 21.6 Å². The molecule has 128 valence electrons. The minimum atomic E-state index is -4.67. The maximum atomic E-state index is 12.8. The van der Waals surface area contributed by atoms with Gasteiger partial charge in [0.25, 0.3) is 11.6 Å². The number of nitrogens with zero attached hydrogens (tertiary/aromatic N) is 3. The summed E-state index contributed by atoms with van der Waals surface area (Å²) in [5.74, 6) is -1.52. The number of aryl methyl sites for hydroxylation is 1. The second-order valence-electron chi connectivity index (χ2n) is 4.82. The maximum absolute atomic E-state index is 12.8. The van der Waals surface area contributed by atoms with Crippen LogP contribution in [-0.2, 0) is 19.8 Å². The monoisotopic (exact) mass is 344 g/mol. The summed E-state index contributed by atoms with van der Waals surface area (Å²) in [5, 5.41) is 25.7. The number of hydrogen-bond acceptors (Lipinski definition) is 5. The number of non-ortho nitro benzene ring substituents is 1. The molecule has 2 N–H and O–H groups in total. The van der Waals surface area contributed by atoms with E-state index in [1.54, 1.807) is 0 Å². The second-order valence-corrected chi connectivity index (χ2v) is 4.82. The van der Waals surface area contributed by atoms with Gasteiger partial charge in [0.1, 0.15) is 5.75 Å². The fourth-order valence-corrected chi connectivity index (χ4v) is 2.00. The standard InChI is InChI=1S/C13H11F3N4O4/c1-19-6-7(11(18-19)13(14,15)16)5-17-12(22)9-3-2-8(20(23)24)4-10(9)21/h2-4,6,21H,5H2,1H3,(H,17,22). The summed E-state index contributed by atoms with van der Waals surface area (Å²) in [5.41, 5.74) is -2.09. The molecule has 1 amide bonds. The van der Waals surface area contributed by atoms with E-state index in [9.17, 15) is 33.2 Å². The van der Waals surface area contributed by atoms with E-state index in [-0.39, 0.29) is 11.1 Å². The number of amides is 1. The summed E-state index contributed by atoms with van der Waals surface area (Å²) < 4.78 is 39.4. The van der Waals surface area contributed by atoms with Gasteiger partial charge in [0.05, 0.1) is 16.6 Å². The predicted molar refractivity (Wildman–Crippen MR) is 74.1 cm³/mol. The molecule has 8 nitrogen and oxygen atoms in total. The van der Waals surface area contributed by atoms with Crippen LogP contribution in [0.4, 0.5) is 18.9 Å². The third kappa shape index (κ3) is 3.62. The van der Waals surface area contributed by atoms with Crippen molar-refractivity contribution in [1.82, 2.24) is 15.1 Å². The molecule has 0 aliphatic heterocycles. The van der Waals surface area contributed by atoms with E-state index in [4.69, 9.17) is 0 Å². The zero-order valence-electron chi connectivity index (χ0n) is 12.2. The summed E-state index contributed by atoms with van der Waals surface area (Å²) >= 11 is 0. The number of aromatic nitrogens is 2. The maximum Gasteiger partial charge on any atom is 0.435 e. The molecule has 24 heavy (non-hydrogen) atoms. The Hall–Kier alpha value is -3.11. The Morgan fingerprint density at radius 2 is 2.12 bits per heavy atom. The van der Waals surface area contributed by atoms with E-state index >= 15 is 0 Å². The van der Waals surface area contributed by atoms with Crippen LogP contribution in [0.2, 0.25) is 0 Å². The third-order valence-corrected chi connectivity index (χ3v) is 3.05. The fourth-order valence-electron chi connectivity index (χ4n) is 2.00. The number of aromatic hydroxyl groups is 1. The predicted octanol–water partition coefficient (Wildman–Crippen LogP) is 1.98. The number of hydrogen-bond donors (Lipinski definition) is 2. The van der Waals surface area contributed by atoms with Gasteiger partial charge in [0.15, 0.2) is 5.69 Å². The number of rotatable bonds is 4. The molecule has 0 bridgehead atoms. The van der Waals surface area contributed by atoms with Crippen LogP contribution in [0.5, 0.6) is 5.75 Å². The Bertz CT molecular complexity index is 801. The first-order valence-corrected chi connectivity index (χ1v) is 6.45. The fraction of sp³-hybridized carbons (Fsp3) is 0.231. The van der Waals surface area contributed by atoms with Crippen LogP contribution < -0.4 is 5.32 Å². The van der Waals surface area contributed by atoms with Crippen molar-refractivity contribution in [2.75, 3.05) is 0 Å². The molecule has 2 rings (SSSR count). The lowest BCUT2D eigenvalue weighted by Crippen LogP contribution is -2.24. The average molecular weight is 344 g/mol. The van der Waals surface area contributed by atoms with Gasteiger partial charge in [-0.2, -0.15) is 18.3 Å². The average Bonchev–Trinajstić information content (AvgIpc) is 2.85. The largest absolute Gasteiger partial charge is 0.507 e. The molecule has 0 saturated carbocycles. The van der Waals surface area contributed by atoms with Gasteiger partial charge in [-0.15, -0.1) is 0 Å². The van der Waals surface area contributed by atoms with E-state index in [1.807, 2.05) is 0 Å². The summed E-state index contributed by atoms with van der Waals surface area (Å²) in [7, 11) is 1.31. The molecular weight excluding hydrogens is 333 g/mol. The molecule has 0 unspecified atom stereocenters. The summed E-state index contributed by atoms with van der Waals surface area (Å²) in [4.78, 5) is 21.7. The van der Waals surface area contributed by atoms with E-state index in [1.165, 1.54) is 7.05 Å². The smallest absolute Gasteiger partial charge is 0.435 e. The van der Waals surface area contributed by atoms with E-state index in [0.717, 1.165) is 29.1 Å². The van der Waals surface area contributed by atoms with E-state index in [0.29, 0.717) is 0 Å². The molecule has 0 aliphatic rings. The Morgan fingerprint density at radius 3 is 2.67 bits per heavy atom. The molecule has 0 radical (unpaired) electrons. The van der Waals surface area contributed by atoms with Crippen LogP contribution in [0.25, 0.3) is 0 Å². The van der Waals surface area contributed by atoms with Crippen LogP contribution in [0.15, 0.2) is 24.4 Å². The van der Waals surface area contributed by atoms with Crippen molar-refractivity contribution in [2.24, 2.45) is 7.05 Å². The van der Waals surface area contributed by atoms with Crippen molar-refractivity contribution in [3.63, 3.8) is 0 Å². The number of carbonyl (C=O) groups excluding carboxylic acids is 1. The highest BCUT2D eigenvalue weighted by molar-refractivity contribution is 5.97. The molecule has 0 fully saturated rings. The minimum Gasteiger partial charge on any atom is -0.507 e. The zero-order valence-corrected chi connectivity index (χ0v) is 12.2. The lowest BCUT2D eigenvalue weighted by Gasteiger charge is -2.08. The van der Waals surface area contributed by atoms with Crippen LogP contribution >= 0.6 is 0 Å². The molecule has 0 spiro atoms. The highest BCUT2D eigenvalue weighted by Crippen LogP contribution is 2.30. The third-order valence-electron chi connectivity index (χ3n) is 3.05. The SMILES string of the molecule is Cn1cc(CNC(=O)c2ccc([N+](=O)[O-])cc2O)c(C(F)(F)F)n1. The van der Waals surface area contributed by atoms with Crippen LogP contribution in [0.3, 0.4) is 0 Å². The number of nitro groups is 1. The van der Waals surface area contributed by atoms with Crippen LogP contribution in [-0.4, -0.2) is 25.7 Å². The molecule has 1 heterocycles. The first kappa shape index (κ1) is 17.2. The van der Waals surface area contributed by atoms with Gasteiger partial charge in [0.2, 0.25) is 0 Å². The van der Waals surface area contributed by atoms with E-state index in [2.05, 4.69) is 10.4 Å². The van der Waals surface area contributed by atoms with Crippen molar-refractivity contribution < 1.29 is 28.0 Å². The topological polar surface area (TPSA) is 110 Å². The van der Waals surface area contributed by atoms with Gasteiger partial charge >= 0.3 is 6.18 Å². The van der Waals surface area contributed by atoms with Gasteiger partial charge in [-0.3, -0.25) is 19.6 Å². The summed E-state index contributed by atoms with van der Waals surface area (Å²) in [6.07, 6.45) is -3.56. The molecule has 1 aromatic heterocycles. The molecule has 0 atom stereocenters. The number of benzene rings is 1. The minimum absolute atomic E-state index is 0.250. The van der Waals surface area contributed by atoms with Crippen molar-refractivity contribution in [1.29, 1.82) is 0 Å². The number of nitrogens with one attached hydrogen (secondary N) is 1. The Morgan fingerprint density at radius 1 is 1.46 bits per heavy atom. The van der Waals surface area contributed by atoms with Gasteiger partial charge in [-0.25, -0.2) is 0 Å². The highest BCUT2D eigenvalue weighted by Gasteiger charge is 2.36. The quantitative estimate of drug-likeness (QED) is 0.651. The van der Waals surface area contributed by atoms with Gasteiger partial charge in [-0.05, 0) is 6.07 Å². The molecular formula is C13H11F3N4O4. The number of nitro benzene ring substituents is 1. The lowest BCUT2D eigenvalue weighted by molar-refractivity contribution is -0.384. The number of carbonyl (C=O) groups is 1. The normalized spacial score (nSPS) is 11.3. The lowest BCUT2D eigenvalue weighted by atomic mass is 10.1. The first-order valence-electron chi connectivity index (χ1n) is 6.45. The van der Waals surface area contributed by atoms with E-state index < -0.39 is 40.7 Å². The number of halogens is 3. The highest BCUT2D eigenvalue weighted by atomic mass is 19.4. The number of alkyl halides is 3. The number of phenols is 1. The first-order chi connectivity index (χ1) is 11.1. The Balaban J connectivity index is 2.16. The molecule has 0 aliphatic carbocycles. The van der Waals surface area contributed by atoms with Gasteiger partial charge in [-0.1, -0.05) is 0 Å². The van der Waals surface area contributed by atoms with Gasteiger partial charge < -0.3 is 10.4 Å². The molecule has 11 heteroatoms. The van der Waals surface area contributed by atoms with Crippen molar-refractivity contribution in [3.8, 4) is 5.75 Å². The molecule has 0 saturated heterocycles. The van der Waals surface area contributed by atoms with Crippen molar-refractivity contribution in [2.45, 2.75) is 12.7 Å². The Kier molecular flexibility index (Phi) is 4.44. The zero-order chi connectivity index (χ0) is 18.1. The van der Waals surface area contributed by atoms with Crippen molar-refractivity contribution >= 4 is 11.6 Å². The van der Waals surface area contributed by atoms with Crippen molar-refractivity contribution in [3.05, 3.63) is 51.3 Å². The summed E-state index contributed by atoms with van der Waals surface area (Å²) in [6, 6.07) is 2.79. The molecule has 2 aromatic rings. The molecule has 1 aromatic carbocycles.